The molecule has 2 unspecified atom stereocenters. The van der Waals surface area contributed by atoms with Crippen LogP contribution in [0.4, 0.5) is 0 Å². The zero-order chi connectivity index (χ0) is 14.8. The second-order valence-corrected chi connectivity index (χ2v) is 9.15. The largest absolute Gasteiger partial charge is 0.393 e. The fourth-order valence-corrected chi connectivity index (χ4v) is 6.73. The molecule has 6 atom stereocenters. The predicted molar refractivity (Wildman–Crippen MR) is 86.9 cm³/mol. The third kappa shape index (κ3) is 1.87. The van der Waals surface area contributed by atoms with Gasteiger partial charge < -0.3 is 10.2 Å². The van der Waals surface area contributed by atoms with Gasteiger partial charge in [-0.3, -0.25) is 0 Å². The highest BCUT2D eigenvalue weighted by molar-refractivity contribution is 7.99. The van der Waals surface area contributed by atoms with E-state index in [4.69, 9.17) is 0 Å². The van der Waals surface area contributed by atoms with Crippen LogP contribution in [0.2, 0.25) is 0 Å². The fourth-order valence-electron chi connectivity index (χ4n) is 5.51. The van der Waals surface area contributed by atoms with Crippen LogP contribution in [-0.4, -0.2) is 27.5 Å². The summed E-state index contributed by atoms with van der Waals surface area (Å²) in [5.41, 5.74) is 3.16. The van der Waals surface area contributed by atoms with Crippen molar-refractivity contribution in [2.24, 2.45) is 22.7 Å². The van der Waals surface area contributed by atoms with Crippen molar-refractivity contribution in [1.29, 1.82) is 0 Å². The molecule has 2 N–H and O–H groups in total. The first-order chi connectivity index (χ1) is 9.95. The molecule has 2 saturated carbocycles. The van der Waals surface area contributed by atoms with Crippen LogP contribution in [0.25, 0.3) is 0 Å². The number of hydrogen-bond donors (Lipinski definition) is 2. The van der Waals surface area contributed by atoms with Crippen LogP contribution in [0.3, 0.4) is 0 Å². The average molecular weight is 306 g/mol. The Morgan fingerprint density at radius 1 is 1.10 bits per heavy atom. The fraction of sp³-hybridized carbons (Fsp3) is 0.778. The smallest absolute Gasteiger partial charge is 0.103 e. The molecule has 1 heterocycles. The molecule has 116 valence electrons. The lowest BCUT2D eigenvalue weighted by atomic mass is 9.54. The Bertz CT molecular complexity index is 525. The topological polar surface area (TPSA) is 40.5 Å². The normalized spacial score (nSPS) is 52.4. The van der Waals surface area contributed by atoms with Gasteiger partial charge in [0.1, 0.15) is 5.44 Å². The van der Waals surface area contributed by atoms with Crippen LogP contribution in [0.5, 0.6) is 0 Å². The van der Waals surface area contributed by atoms with E-state index < -0.39 is 0 Å². The van der Waals surface area contributed by atoms with E-state index >= 15 is 0 Å². The van der Waals surface area contributed by atoms with Gasteiger partial charge in [-0.05, 0) is 37.5 Å². The summed E-state index contributed by atoms with van der Waals surface area (Å²) in [6.07, 6.45) is 9.81. The summed E-state index contributed by atoms with van der Waals surface area (Å²) < 4.78 is 0. The summed E-state index contributed by atoms with van der Waals surface area (Å²) in [4.78, 5) is 0. The van der Waals surface area contributed by atoms with Crippen molar-refractivity contribution in [3.05, 3.63) is 23.3 Å². The highest BCUT2D eigenvalue weighted by Gasteiger charge is 2.56. The Labute approximate surface area is 131 Å². The first kappa shape index (κ1) is 14.3. The third-order valence-corrected chi connectivity index (χ3v) is 8.33. The van der Waals surface area contributed by atoms with Gasteiger partial charge in [-0.2, -0.15) is 0 Å². The van der Waals surface area contributed by atoms with Crippen molar-refractivity contribution in [2.75, 3.05) is 5.75 Å². The summed E-state index contributed by atoms with van der Waals surface area (Å²) in [6.45, 7) is 4.71. The number of fused-ring (bicyclic) bond motifs is 5. The van der Waals surface area contributed by atoms with Gasteiger partial charge in [-0.15, -0.1) is 11.8 Å². The predicted octanol–water partition coefficient (Wildman–Crippen LogP) is 3.50. The van der Waals surface area contributed by atoms with Gasteiger partial charge in [0.15, 0.2) is 0 Å². The number of hydrogen-bond acceptors (Lipinski definition) is 3. The standard InChI is InChI=1S/C18H26O2S/c1-17-8-7-14-12(13(17)5-6-15(17)19)4-3-11-9-16(20)21-10-18(11,14)2/h3-4,13-16,19-20H,5-10H2,1-2H3/t13-,14+,15?,16?,17-,18-/m0/s1. The van der Waals surface area contributed by atoms with Crippen molar-refractivity contribution in [1.82, 2.24) is 0 Å². The molecule has 4 aliphatic rings. The molecule has 3 heteroatoms. The minimum Gasteiger partial charge on any atom is -0.393 e. The number of thioether (sulfide) groups is 1. The summed E-state index contributed by atoms with van der Waals surface area (Å²) in [7, 11) is 0. The van der Waals surface area contributed by atoms with Crippen LogP contribution in [0.15, 0.2) is 23.3 Å². The van der Waals surface area contributed by atoms with Crippen molar-refractivity contribution in [2.45, 2.75) is 57.5 Å². The molecule has 3 fully saturated rings. The molecule has 0 bridgehead atoms. The van der Waals surface area contributed by atoms with Crippen molar-refractivity contribution in [3.63, 3.8) is 0 Å². The number of allylic oxidation sites excluding steroid dienone is 3. The van der Waals surface area contributed by atoms with Gasteiger partial charge in [0, 0.05) is 23.0 Å². The molecular formula is C18H26O2S. The van der Waals surface area contributed by atoms with E-state index in [1.807, 2.05) is 0 Å². The van der Waals surface area contributed by atoms with Gasteiger partial charge in [-0.25, -0.2) is 0 Å². The molecule has 0 aromatic heterocycles. The van der Waals surface area contributed by atoms with Crippen LogP contribution in [-0.2, 0) is 0 Å². The zero-order valence-electron chi connectivity index (χ0n) is 13.0. The van der Waals surface area contributed by atoms with E-state index in [0.717, 1.165) is 31.4 Å². The summed E-state index contributed by atoms with van der Waals surface area (Å²) in [5.74, 6) is 2.23. The van der Waals surface area contributed by atoms with E-state index in [1.54, 1.807) is 17.3 Å². The molecule has 0 aromatic rings. The first-order valence-corrected chi connectivity index (χ1v) is 9.39. The lowest BCUT2D eigenvalue weighted by Crippen LogP contribution is -2.47. The highest BCUT2D eigenvalue weighted by atomic mass is 32.2. The van der Waals surface area contributed by atoms with E-state index in [2.05, 4.69) is 26.0 Å². The Hall–Kier alpha value is -0.250. The van der Waals surface area contributed by atoms with E-state index in [9.17, 15) is 10.2 Å². The van der Waals surface area contributed by atoms with Gasteiger partial charge in [0.25, 0.3) is 0 Å². The molecule has 1 saturated heterocycles. The molecule has 0 amide bonds. The van der Waals surface area contributed by atoms with Crippen molar-refractivity contribution < 1.29 is 10.2 Å². The Balaban J connectivity index is 1.74. The minimum atomic E-state index is -0.221. The molecule has 0 radical (unpaired) electrons. The van der Waals surface area contributed by atoms with Gasteiger partial charge >= 0.3 is 0 Å². The highest BCUT2D eigenvalue weighted by Crippen LogP contribution is 2.63. The Morgan fingerprint density at radius 3 is 2.71 bits per heavy atom. The second-order valence-electron chi connectivity index (χ2n) is 7.99. The lowest BCUT2D eigenvalue weighted by molar-refractivity contribution is 0.0109. The van der Waals surface area contributed by atoms with Crippen LogP contribution < -0.4 is 0 Å². The van der Waals surface area contributed by atoms with Crippen molar-refractivity contribution >= 4 is 11.8 Å². The molecule has 0 spiro atoms. The van der Waals surface area contributed by atoms with E-state index in [-0.39, 0.29) is 22.4 Å². The zero-order valence-corrected chi connectivity index (χ0v) is 13.8. The molecule has 3 aliphatic carbocycles. The van der Waals surface area contributed by atoms with Crippen LogP contribution >= 0.6 is 11.8 Å². The van der Waals surface area contributed by atoms with Gasteiger partial charge in [0.2, 0.25) is 0 Å². The van der Waals surface area contributed by atoms with Gasteiger partial charge in [0.05, 0.1) is 6.10 Å². The summed E-state index contributed by atoms with van der Waals surface area (Å²) in [6, 6.07) is 0. The average Bonchev–Trinajstić information content (AvgIpc) is 2.76. The maximum absolute atomic E-state index is 10.4. The van der Waals surface area contributed by atoms with Crippen molar-refractivity contribution in [3.8, 4) is 0 Å². The molecule has 2 nitrogen and oxygen atoms in total. The Kier molecular flexibility index (Phi) is 3.16. The summed E-state index contributed by atoms with van der Waals surface area (Å²) >= 11 is 1.72. The molecule has 1 aliphatic heterocycles. The maximum Gasteiger partial charge on any atom is 0.103 e. The summed E-state index contributed by atoms with van der Waals surface area (Å²) in [5, 5.41) is 20.4. The number of rotatable bonds is 0. The minimum absolute atomic E-state index is 0.103. The monoisotopic (exact) mass is 306 g/mol. The number of aliphatic hydroxyl groups excluding tert-OH is 2. The SMILES string of the molecule is C[C@]12CSC(O)CC1=CC=C1[C@H]2CC[C@]2(C)C(O)CC[C@@H]12. The Morgan fingerprint density at radius 2 is 1.90 bits per heavy atom. The molecule has 0 aromatic carbocycles. The molecule has 4 rings (SSSR count). The molecule has 21 heavy (non-hydrogen) atoms. The van der Waals surface area contributed by atoms with E-state index in [1.165, 1.54) is 12.0 Å². The molecular weight excluding hydrogens is 280 g/mol. The van der Waals surface area contributed by atoms with E-state index in [0.29, 0.717) is 11.8 Å². The van der Waals surface area contributed by atoms with Gasteiger partial charge in [-0.1, -0.05) is 37.1 Å². The quantitative estimate of drug-likeness (QED) is 0.719. The maximum atomic E-state index is 10.4. The first-order valence-electron chi connectivity index (χ1n) is 8.34. The number of aliphatic hydroxyl groups is 2. The second kappa shape index (κ2) is 4.62. The lowest BCUT2D eigenvalue weighted by Gasteiger charge is -2.53. The van der Waals surface area contributed by atoms with Crippen LogP contribution in [0, 0.1) is 22.7 Å². The third-order valence-electron chi connectivity index (χ3n) is 7.01. The van der Waals surface area contributed by atoms with Crippen LogP contribution in [0.1, 0.15) is 46.0 Å².